The Morgan fingerprint density at radius 2 is 1.43 bits per heavy atom. The Morgan fingerprint density at radius 3 is 2.06 bits per heavy atom. The van der Waals surface area contributed by atoms with Crippen LogP contribution in [0, 0.1) is 0 Å². The maximum atomic E-state index is 10.8. The minimum absolute atomic E-state index is 0.219. The predicted molar refractivity (Wildman–Crippen MR) is 144 cm³/mol. The standard InChI is InChI=1S/C32H42O3/c33-32(34)13-9-10-25-14-22-30(23-15-25)35-24-29-11-7-5-3-1-2-4-6-8-12-31(29)28-20-18-27(19-21-28)26-16-17-26/h14-15,18-23,26H,1-13,16-17,24H2,(H,33,34). The molecule has 0 saturated heterocycles. The molecule has 2 aromatic carbocycles. The lowest BCUT2D eigenvalue weighted by Crippen LogP contribution is -2.06. The van der Waals surface area contributed by atoms with Crippen LogP contribution in [0.4, 0.5) is 0 Å². The molecule has 1 N–H and O–H groups in total. The van der Waals surface area contributed by atoms with Crippen LogP contribution in [-0.4, -0.2) is 17.7 Å². The first kappa shape index (κ1) is 25.5. The SMILES string of the molecule is O=C(O)CCCc1ccc(OCC2=C(c3ccc(C4CC4)cc3)CCCCCCCCCC2)cc1. The summed E-state index contributed by atoms with van der Waals surface area (Å²) in [4.78, 5) is 10.8. The fraction of sp³-hybridized carbons (Fsp3) is 0.531. The summed E-state index contributed by atoms with van der Waals surface area (Å²) in [6.07, 6.45) is 17.2. The van der Waals surface area contributed by atoms with Crippen LogP contribution in [0.15, 0.2) is 54.1 Å². The summed E-state index contributed by atoms with van der Waals surface area (Å²) in [5.74, 6) is 0.964. The smallest absolute Gasteiger partial charge is 0.303 e. The van der Waals surface area contributed by atoms with E-state index in [2.05, 4.69) is 36.4 Å². The van der Waals surface area contributed by atoms with Crippen molar-refractivity contribution in [3.05, 3.63) is 70.8 Å². The van der Waals surface area contributed by atoms with Crippen molar-refractivity contribution in [1.82, 2.24) is 0 Å². The highest BCUT2D eigenvalue weighted by atomic mass is 16.5. The van der Waals surface area contributed by atoms with Crippen molar-refractivity contribution in [3.63, 3.8) is 0 Å². The third-order valence-electron chi connectivity index (χ3n) is 7.58. The van der Waals surface area contributed by atoms with Crippen LogP contribution in [0.25, 0.3) is 5.57 Å². The quantitative estimate of drug-likeness (QED) is 0.395. The summed E-state index contributed by atoms with van der Waals surface area (Å²) in [5, 5.41) is 8.85. The van der Waals surface area contributed by atoms with E-state index in [-0.39, 0.29) is 6.42 Å². The zero-order valence-corrected chi connectivity index (χ0v) is 21.3. The molecule has 2 aliphatic rings. The second kappa shape index (κ2) is 13.5. The molecule has 0 radical (unpaired) electrons. The lowest BCUT2D eigenvalue weighted by Gasteiger charge is -2.19. The number of allylic oxidation sites excluding steroid dienone is 1. The molecule has 0 heterocycles. The molecule has 2 aromatic rings. The first-order valence-electron chi connectivity index (χ1n) is 13.9. The van der Waals surface area contributed by atoms with E-state index in [1.165, 1.54) is 92.0 Å². The van der Waals surface area contributed by atoms with Gasteiger partial charge in [0.2, 0.25) is 0 Å². The Hall–Kier alpha value is -2.55. The molecule has 0 spiro atoms. The summed E-state index contributed by atoms with van der Waals surface area (Å²) in [5.41, 5.74) is 7.04. The number of hydrogen-bond donors (Lipinski definition) is 1. The molecule has 0 atom stereocenters. The largest absolute Gasteiger partial charge is 0.489 e. The van der Waals surface area contributed by atoms with Crippen LogP contribution in [0.5, 0.6) is 5.75 Å². The first-order valence-corrected chi connectivity index (χ1v) is 13.9. The van der Waals surface area contributed by atoms with E-state index >= 15 is 0 Å². The summed E-state index contributed by atoms with van der Waals surface area (Å²) in [6, 6.07) is 17.7. The van der Waals surface area contributed by atoms with Gasteiger partial charge in [-0.15, -0.1) is 0 Å². The Labute approximate surface area is 211 Å². The van der Waals surface area contributed by atoms with Gasteiger partial charge >= 0.3 is 5.97 Å². The van der Waals surface area contributed by atoms with Crippen LogP contribution in [0.2, 0.25) is 0 Å². The number of carboxylic acid groups (broad SMARTS) is 1. The molecule has 35 heavy (non-hydrogen) atoms. The number of rotatable bonds is 9. The van der Waals surface area contributed by atoms with E-state index in [0.717, 1.165) is 30.9 Å². The molecule has 0 aliphatic heterocycles. The fourth-order valence-corrected chi connectivity index (χ4v) is 5.28. The van der Waals surface area contributed by atoms with Crippen LogP contribution in [0.3, 0.4) is 0 Å². The van der Waals surface area contributed by atoms with E-state index in [1.807, 2.05) is 12.1 Å². The van der Waals surface area contributed by atoms with Gasteiger partial charge in [0.25, 0.3) is 0 Å². The Morgan fingerprint density at radius 1 is 0.800 bits per heavy atom. The monoisotopic (exact) mass is 474 g/mol. The van der Waals surface area contributed by atoms with E-state index < -0.39 is 5.97 Å². The number of aliphatic carboxylic acids is 1. The van der Waals surface area contributed by atoms with Gasteiger partial charge in [-0.05, 0) is 97.3 Å². The van der Waals surface area contributed by atoms with Crippen molar-refractivity contribution in [3.8, 4) is 5.75 Å². The third-order valence-corrected chi connectivity index (χ3v) is 7.58. The molecule has 0 bridgehead atoms. The van der Waals surface area contributed by atoms with E-state index in [9.17, 15) is 4.79 Å². The van der Waals surface area contributed by atoms with Gasteiger partial charge in [0.05, 0.1) is 0 Å². The van der Waals surface area contributed by atoms with Crippen LogP contribution in [0.1, 0.15) is 112 Å². The van der Waals surface area contributed by atoms with Gasteiger partial charge < -0.3 is 9.84 Å². The van der Waals surface area contributed by atoms with Crippen LogP contribution < -0.4 is 4.74 Å². The van der Waals surface area contributed by atoms with Gasteiger partial charge in [-0.1, -0.05) is 74.9 Å². The number of carbonyl (C=O) groups is 1. The van der Waals surface area contributed by atoms with Crippen LogP contribution >= 0.6 is 0 Å². The fourth-order valence-electron chi connectivity index (χ4n) is 5.28. The Bertz CT molecular complexity index is 951. The molecule has 1 fully saturated rings. The summed E-state index contributed by atoms with van der Waals surface area (Å²) in [6.45, 7) is 0.651. The molecule has 4 rings (SSSR count). The van der Waals surface area contributed by atoms with E-state index in [0.29, 0.717) is 13.0 Å². The van der Waals surface area contributed by atoms with Gasteiger partial charge in [-0.3, -0.25) is 4.79 Å². The highest BCUT2D eigenvalue weighted by molar-refractivity contribution is 5.69. The number of hydrogen-bond acceptors (Lipinski definition) is 2. The Balaban J connectivity index is 1.47. The topological polar surface area (TPSA) is 46.5 Å². The zero-order valence-electron chi connectivity index (χ0n) is 21.3. The molecule has 188 valence electrons. The summed E-state index contributed by atoms with van der Waals surface area (Å²) < 4.78 is 6.34. The Kier molecular flexibility index (Phi) is 9.86. The molecule has 3 heteroatoms. The molecule has 3 nitrogen and oxygen atoms in total. The number of aryl methyl sites for hydroxylation is 1. The second-order valence-corrected chi connectivity index (χ2v) is 10.5. The molecular formula is C32H42O3. The van der Waals surface area contributed by atoms with Gasteiger partial charge in [0.15, 0.2) is 0 Å². The van der Waals surface area contributed by atoms with E-state index in [4.69, 9.17) is 9.84 Å². The molecule has 0 unspecified atom stereocenters. The molecule has 0 amide bonds. The van der Waals surface area contributed by atoms with Crippen molar-refractivity contribution in [2.75, 3.05) is 6.61 Å². The normalized spacial score (nSPS) is 17.9. The first-order chi connectivity index (χ1) is 17.2. The number of ether oxygens (including phenoxy) is 1. The highest BCUT2D eigenvalue weighted by Crippen LogP contribution is 2.40. The van der Waals surface area contributed by atoms with Crippen molar-refractivity contribution < 1.29 is 14.6 Å². The maximum absolute atomic E-state index is 10.8. The minimum atomic E-state index is -0.728. The average Bonchev–Trinajstić information content (AvgIpc) is 3.70. The van der Waals surface area contributed by atoms with Gasteiger partial charge in [-0.25, -0.2) is 0 Å². The average molecular weight is 475 g/mol. The minimum Gasteiger partial charge on any atom is -0.489 e. The molecule has 0 aromatic heterocycles. The van der Waals surface area contributed by atoms with Gasteiger partial charge in [0, 0.05) is 6.42 Å². The second-order valence-electron chi connectivity index (χ2n) is 10.5. The zero-order chi connectivity index (χ0) is 24.3. The predicted octanol–water partition coefficient (Wildman–Crippen LogP) is 8.72. The van der Waals surface area contributed by atoms with Crippen LogP contribution in [-0.2, 0) is 11.2 Å². The number of benzene rings is 2. The molecule has 1 saturated carbocycles. The number of carboxylic acids is 1. The van der Waals surface area contributed by atoms with Crippen molar-refractivity contribution in [1.29, 1.82) is 0 Å². The maximum Gasteiger partial charge on any atom is 0.303 e. The summed E-state index contributed by atoms with van der Waals surface area (Å²) in [7, 11) is 0. The van der Waals surface area contributed by atoms with Crippen molar-refractivity contribution in [2.45, 2.75) is 102 Å². The lowest BCUT2D eigenvalue weighted by molar-refractivity contribution is -0.137. The lowest BCUT2D eigenvalue weighted by atomic mass is 9.90. The molecular weight excluding hydrogens is 432 g/mol. The van der Waals surface area contributed by atoms with E-state index in [1.54, 1.807) is 0 Å². The van der Waals surface area contributed by atoms with Gasteiger partial charge in [-0.2, -0.15) is 0 Å². The van der Waals surface area contributed by atoms with Gasteiger partial charge in [0.1, 0.15) is 12.4 Å². The van der Waals surface area contributed by atoms with Crippen molar-refractivity contribution >= 4 is 11.5 Å². The summed E-state index contributed by atoms with van der Waals surface area (Å²) >= 11 is 0. The third kappa shape index (κ3) is 8.56. The van der Waals surface area contributed by atoms with Crippen molar-refractivity contribution in [2.24, 2.45) is 0 Å². The highest BCUT2D eigenvalue weighted by Gasteiger charge is 2.23. The molecule has 2 aliphatic carbocycles.